The van der Waals surface area contributed by atoms with Crippen molar-refractivity contribution in [2.45, 2.75) is 34.6 Å². The Kier molecular flexibility index (Phi) is 26.3. The molecule has 4 heterocycles. The van der Waals surface area contributed by atoms with Crippen molar-refractivity contribution in [1.29, 1.82) is 0 Å². The van der Waals surface area contributed by atoms with Gasteiger partial charge in [0.1, 0.15) is 0 Å². The number of benzene rings is 7. The molecule has 4 aromatic heterocycles. The molecule has 0 amide bonds. The summed E-state index contributed by atoms with van der Waals surface area (Å²) in [6.07, 6.45) is 7.43. The average molecular weight is 1730 g/mol. The summed E-state index contributed by atoms with van der Waals surface area (Å²) in [5, 5.41) is 0. The Hall–Kier alpha value is -6.84. The van der Waals surface area contributed by atoms with Crippen LogP contribution in [0.25, 0.3) is 83.3 Å². The molecule has 0 fully saturated rings. The first kappa shape index (κ1) is 63.7. The van der Waals surface area contributed by atoms with E-state index in [9.17, 15) is 4.39 Å². The Morgan fingerprint density at radius 3 is 1.12 bits per heavy atom. The molecular weight excluding hydrogens is 1670 g/mol. The van der Waals surface area contributed by atoms with Gasteiger partial charge in [-0.1, -0.05) is 146 Å². The topological polar surface area (TPSA) is 55.9 Å². The van der Waals surface area contributed by atoms with E-state index in [1.807, 2.05) is 174 Å². The maximum Gasteiger partial charge on any atom is 0.187 e. The van der Waals surface area contributed by atoms with Crippen molar-refractivity contribution in [2.75, 3.05) is 0 Å². The van der Waals surface area contributed by atoms with Crippen LogP contribution in [0.15, 0.2) is 225 Å². The van der Waals surface area contributed by atoms with E-state index >= 15 is 0 Å². The van der Waals surface area contributed by atoms with Gasteiger partial charge >= 0.3 is 0 Å². The van der Waals surface area contributed by atoms with Crippen LogP contribution in [0.3, 0.4) is 0 Å². The van der Waals surface area contributed by atoms with Crippen LogP contribution in [0, 0.1) is 71.3 Å². The van der Waals surface area contributed by atoms with Crippen LogP contribution in [0.1, 0.15) is 27.8 Å². The van der Waals surface area contributed by atoms with Crippen molar-refractivity contribution in [3.63, 3.8) is 0 Å². The predicted octanol–water partition coefficient (Wildman–Crippen LogP) is 17.4. The SMILES string of the molecule is Cc1ccc(-c2[c-]cc(F)c(-c3ccccc3)c2)nc1.Cc1ccc(-c2[c-]ccc(-c3ccccc3)c2)nc1.Cc1ccc(-c2[c-]ccc(C)c2)nc1.[C-]#[N+]c1ccc(-c2cc[c-]c(-c3ccc(C)cn3)c2)cc1.[Ir].[Ir].[Ir].[Ir]. The van der Waals surface area contributed by atoms with E-state index < -0.39 is 0 Å². The van der Waals surface area contributed by atoms with E-state index in [-0.39, 0.29) is 86.2 Å². The molecule has 4 radical (unpaired) electrons. The van der Waals surface area contributed by atoms with Gasteiger partial charge in [-0.15, -0.1) is 130 Å². The fourth-order valence-electron chi connectivity index (χ4n) is 7.64. The second kappa shape index (κ2) is 32.2. The molecule has 0 aliphatic heterocycles. The molecule has 0 spiro atoms. The van der Waals surface area contributed by atoms with Crippen LogP contribution >= 0.6 is 0 Å². The molecule has 0 aliphatic rings. The summed E-state index contributed by atoms with van der Waals surface area (Å²) in [5.74, 6) is -0.271. The molecule has 11 aromatic rings. The summed E-state index contributed by atoms with van der Waals surface area (Å²) in [6, 6.07) is 77.7. The van der Waals surface area contributed by atoms with E-state index in [0.717, 1.165) is 72.8 Å². The van der Waals surface area contributed by atoms with Gasteiger partial charge in [0.15, 0.2) is 5.69 Å². The van der Waals surface area contributed by atoms with Crippen molar-refractivity contribution in [3.8, 4) is 78.4 Å². The van der Waals surface area contributed by atoms with Crippen LogP contribution in [-0.2, 0) is 80.4 Å². The van der Waals surface area contributed by atoms with Crippen LogP contribution in [0.5, 0.6) is 0 Å². The van der Waals surface area contributed by atoms with E-state index in [2.05, 4.69) is 117 Å². The van der Waals surface area contributed by atoms with Crippen molar-refractivity contribution in [2.24, 2.45) is 0 Å². The largest absolute Gasteiger partial charge is 0.304 e. The molecule has 0 unspecified atom stereocenters. The third kappa shape index (κ3) is 18.4. The van der Waals surface area contributed by atoms with Gasteiger partial charge in [0.05, 0.1) is 6.57 Å². The quantitative estimate of drug-likeness (QED) is 0.149. The Balaban J connectivity index is 0.000000222. The summed E-state index contributed by atoms with van der Waals surface area (Å²) in [6.45, 7) is 17.2. The number of hydrogen-bond donors (Lipinski definition) is 0. The van der Waals surface area contributed by atoms with Crippen molar-refractivity contribution < 1.29 is 84.8 Å². The molecule has 0 aliphatic carbocycles. The van der Waals surface area contributed by atoms with Gasteiger partial charge in [-0.05, 0) is 89.4 Å². The third-order valence-electron chi connectivity index (χ3n) is 11.7. The zero-order valence-electron chi connectivity index (χ0n) is 43.3. The van der Waals surface area contributed by atoms with Gasteiger partial charge in [-0.3, -0.25) is 4.39 Å². The summed E-state index contributed by atoms with van der Waals surface area (Å²) in [4.78, 5) is 21.0. The first-order chi connectivity index (χ1) is 36.1. The van der Waals surface area contributed by atoms with Crippen LogP contribution in [0.2, 0.25) is 0 Å². The Labute approximate surface area is 513 Å². The van der Waals surface area contributed by atoms with Crippen molar-refractivity contribution in [3.05, 3.63) is 294 Å². The minimum absolute atomic E-state index is 0. The number of nitrogens with zero attached hydrogens (tertiary/aromatic N) is 5. The van der Waals surface area contributed by atoms with E-state index in [1.54, 1.807) is 12.3 Å². The molecule has 7 aromatic carbocycles. The van der Waals surface area contributed by atoms with E-state index in [0.29, 0.717) is 11.3 Å². The fourth-order valence-corrected chi connectivity index (χ4v) is 7.64. The van der Waals surface area contributed by atoms with Gasteiger partial charge in [0, 0.05) is 111 Å². The number of aromatic nitrogens is 4. The van der Waals surface area contributed by atoms with Crippen molar-refractivity contribution >= 4 is 5.69 Å². The van der Waals surface area contributed by atoms with Gasteiger partial charge in [0.25, 0.3) is 0 Å². The van der Waals surface area contributed by atoms with Crippen LogP contribution in [-0.4, -0.2) is 19.9 Å². The first-order valence-electron chi connectivity index (χ1n) is 24.1. The average Bonchev–Trinajstić information content (AvgIpc) is 3.45. The minimum Gasteiger partial charge on any atom is -0.304 e. The summed E-state index contributed by atoms with van der Waals surface area (Å²) in [5.41, 5.74) is 20.0. The molecule has 0 saturated carbocycles. The molecule has 10 heteroatoms. The predicted molar refractivity (Wildman–Crippen MR) is 300 cm³/mol. The van der Waals surface area contributed by atoms with Crippen molar-refractivity contribution in [1.82, 2.24) is 19.9 Å². The zero-order chi connectivity index (χ0) is 51.7. The van der Waals surface area contributed by atoms with Gasteiger partial charge in [0.2, 0.25) is 0 Å². The summed E-state index contributed by atoms with van der Waals surface area (Å²) >= 11 is 0. The monoisotopic (exact) mass is 1730 g/mol. The molecule has 0 N–H and O–H groups in total. The molecule has 396 valence electrons. The normalized spacial score (nSPS) is 9.76. The van der Waals surface area contributed by atoms with E-state index in [1.165, 1.54) is 33.9 Å². The third-order valence-corrected chi connectivity index (χ3v) is 11.7. The Morgan fingerprint density at radius 1 is 0.359 bits per heavy atom. The van der Waals surface area contributed by atoms with Gasteiger partial charge in [-0.2, -0.15) is 0 Å². The van der Waals surface area contributed by atoms with Crippen LogP contribution < -0.4 is 0 Å². The molecular formula is C68H52FIr4N5-4. The second-order valence-corrected chi connectivity index (χ2v) is 17.6. The Morgan fingerprint density at radius 2 is 0.731 bits per heavy atom. The molecule has 11 rings (SSSR count). The molecule has 0 atom stereocenters. The zero-order valence-corrected chi connectivity index (χ0v) is 52.9. The van der Waals surface area contributed by atoms with E-state index in [4.69, 9.17) is 6.57 Å². The maximum absolute atomic E-state index is 14.0. The number of hydrogen-bond acceptors (Lipinski definition) is 4. The van der Waals surface area contributed by atoms with Gasteiger partial charge in [-0.25, -0.2) is 4.85 Å². The number of aryl methyl sites for hydroxylation is 5. The molecule has 0 bridgehead atoms. The molecule has 5 nitrogen and oxygen atoms in total. The summed E-state index contributed by atoms with van der Waals surface area (Å²) in [7, 11) is 0. The molecule has 0 saturated heterocycles. The number of pyridine rings is 4. The van der Waals surface area contributed by atoms with Crippen LogP contribution in [0.4, 0.5) is 10.1 Å². The van der Waals surface area contributed by atoms with Gasteiger partial charge < -0.3 is 19.9 Å². The number of rotatable bonds is 7. The standard InChI is InChI=1S/C19H13N2.C18H13FN.C18H14N.C13H12N.4Ir/c1-14-6-11-19(21-13-14)17-5-3-4-16(12-17)15-7-9-18(20-2)10-8-15;1-13-7-10-18(20-12-13)15-8-9-17(19)16(11-15)14-5-3-2-4-6-14;1-14-10-11-18(19-13-14)17-9-5-8-16(12-17)15-6-3-2-4-7-15;1-10-4-3-5-12(8-10)13-7-6-11(2)9-14-13;;;;/h3-4,6-13H,1H3;2-7,9-12H,1H3;2-8,10-13H,1H3;3-4,6-9H,1-2H3;;;;/q4*-1;;;;. The minimum atomic E-state index is -0.271. The second-order valence-electron chi connectivity index (χ2n) is 17.6. The first-order valence-corrected chi connectivity index (χ1v) is 24.1. The fraction of sp³-hybridized carbons (Fsp3) is 0.0735. The Bertz CT molecular complexity index is 3590. The summed E-state index contributed by atoms with van der Waals surface area (Å²) < 4.78 is 14.0. The maximum atomic E-state index is 14.0. The smallest absolute Gasteiger partial charge is 0.187 e. The number of halogens is 1. The molecule has 78 heavy (non-hydrogen) atoms.